The number of nitrogens with zero attached hydrogens (tertiary/aromatic N) is 1. The predicted molar refractivity (Wildman–Crippen MR) is 132 cm³/mol. The molecule has 1 aliphatic carbocycles. The number of carbonyl (C=O) groups is 1. The minimum atomic E-state index is 0.322. The van der Waals surface area contributed by atoms with Crippen molar-refractivity contribution < 1.29 is 9.53 Å². The number of aryl methyl sites for hydroxylation is 4. The van der Waals surface area contributed by atoms with E-state index < -0.39 is 0 Å². The molecule has 1 aliphatic rings. The summed E-state index contributed by atoms with van der Waals surface area (Å²) >= 11 is 1.77. The largest absolute Gasteiger partial charge is 0.492 e. The van der Waals surface area contributed by atoms with E-state index in [9.17, 15) is 4.79 Å². The molecule has 0 spiro atoms. The second-order valence-electron chi connectivity index (χ2n) is 10.1. The summed E-state index contributed by atoms with van der Waals surface area (Å²) in [5.74, 6) is 1.31. The number of carbonyl (C=O) groups excluding carboxylic acids is 1. The monoisotopic (exact) mass is 441 g/mol. The van der Waals surface area contributed by atoms with E-state index in [1.807, 2.05) is 0 Å². The molecule has 4 heteroatoms. The lowest BCUT2D eigenvalue weighted by atomic mass is 9.74. The second kappa shape index (κ2) is 9.87. The van der Waals surface area contributed by atoms with E-state index in [4.69, 9.17) is 4.74 Å². The highest BCUT2D eigenvalue weighted by Crippen LogP contribution is 2.42. The van der Waals surface area contributed by atoms with Crippen LogP contribution in [0.25, 0.3) is 0 Å². The molecule has 1 aromatic heterocycles. The van der Waals surface area contributed by atoms with Gasteiger partial charge in [-0.3, -0.25) is 4.79 Å². The first kappa shape index (κ1) is 24.0. The topological polar surface area (TPSA) is 29.5 Å². The first-order valence-corrected chi connectivity index (χ1v) is 12.5. The normalized spacial score (nSPS) is 15.2. The number of hydrogen-bond donors (Lipinski definition) is 0. The number of ketones is 1. The van der Waals surface area contributed by atoms with Gasteiger partial charge in [0.2, 0.25) is 0 Å². The molecule has 0 saturated heterocycles. The van der Waals surface area contributed by atoms with Crippen LogP contribution in [0.5, 0.6) is 5.75 Å². The van der Waals surface area contributed by atoms with Gasteiger partial charge in [-0.15, -0.1) is 11.3 Å². The van der Waals surface area contributed by atoms with Gasteiger partial charge in [0.1, 0.15) is 12.4 Å². The van der Waals surface area contributed by atoms with Crippen molar-refractivity contribution in [3.05, 3.63) is 49.7 Å². The highest BCUT2D eigenvalue weighted by atomic mass is 32.1. The molecule has 0 amide bonds. The van der Waals surface area contributed by atoms with Gasteiger partial charge in [0.15, 0.2) is 5.78 Å². The summed E-state index contributed by atoms with van der Waals surface area (Å²) in [7, 11) is 4.11. The van der Waals surface area contributed by atoms with Gasteiger partial charge in [-0.05, 0) is 93.3 Å². The van der Waals surface area contributed by atoms with Crippen LogP contribution in [0.15, 0.2) is 12.1 Å². The first-order chi connectivity index (χ1) is 14.6. The molecule has 31 heavy (non-hydrogen) atoms. The molecule has 0 atom stereocenters. The minimum Gasteiger partial charge on any atom is -0.492 e. The molecule has 0 unspecified atom stereocenters. The standard InChI is InChI=1S/C27H39NO2S/c1-8-24-22-17-27(4,5)12-11-21(22)26(31-24)23(29)10-9-20-15-18(2)25(19(3)16-20)30-14-13-28(6)7/h15-16H,8-14,17H2,1-7H3. The maximum atomic E-state index is 13.2. The van der Waals surface area contributed by atoms with Gasteiger partial charge in [0.05, 0.1) is 4.88 Å². The fraction of sp³-hybridized carbons (Fsp3) is 0.593. The Morgan fingerprint density at radius 2 is 1.84 bits per heavy atom. The molecule has 2 aromatic rings. The van der Waals surface area contributed by atoms with E-state index in [1.165, 1.54) is 28.0 Å². The number of rotatable bonds is 9. The molecule has 0 radical (unpaired) electrons. The zero-order valence-corrected chi connectivity index (χ0v) is 21.3. The summed E-state index contributed by atoms with van der Waals surface area (Å²) < 4.78 is 6.02. The van der Waals surface area contributed by atoms with Crippen LogP contribution in [0.2, 0.25) is 0 Å². The Hall–Kier alpha value is -1.65. The highest BCUT2D eigenvalue weighted by Gasteiger charge is 2.31. The van der Waals surface area contributed by atoms with Crippen molar-refractivity contribution in [3.8, 4) is 5.75 Å². The van der Waals surface area contributed by atoms with Gasteiger partial charge >= 0.3 is 0 Å². The van der Waals surface area contributed by atoms with Gasteiger partial charge in [0.25, 0.3) is 0 Å². The van der Waals surface area contributed by atoms with Crippen LogP contribution in [0.1, 0.15) is 76.0 Å². The van der Waals surface area contributed by atoms with Crippen molar-refractivity contribution in [2.24, 2.45) is 5.41 Å². The number of fused-ring (bicyclic) bond motifs is 1. The van der Waals surface area contributed by atoms with Crippen LogP contribution in [0.3, 0.4) is 0 Å². The molecule has 0 bridgehead atoms. The zero-order chi connectivity index (χ0) is 22.8. The van der Waals surface area contributed by atoms with E-state index in [0.29, 0.717) is 24.2 Å². The van der Waals surface area contributed by atoms with Crippen LogP contribution in [0, 0.1) is 19.3 Å². The number of Topliss-reactive ketones (excluding diaryl/α,β-unsaturated/α-hetero) is 1. The predicted octanol–water partition coefficient (Wildman–Crippen LogP) is 6.20. The second-order valence-corrected chi connectivity index (χ2v) is 11.2. The molecular weight excluding hydrogens is 402 g/mol. The third-order valence-electron chi connectivity index (χ3n) is 6.43. The lowest BCUT2D eigenvalue weighted by Crippen LogP contribution is -2.22. The molecule has 0 N–H and O–H groups in total. The zero-order valence-electron chi connectivity index (χ0n) is 20.5. The minimum absolute atomic E-state index is 0.322. The lowest BCUT2D eigenvalue weighted by Gasteiger charge is -2.30. The number of benzene rings is 1. The summed E-state index contributed by atoms with van der Waals surface area (Å²) in [6, 6.07) is 4.38. The van der Waals surface area contributed by atoms with Crippen molar-refractivity contribution in [3.63, 3.8) is 0 Å². The molecule has 3 nitrogen and oxygen atoms in total. The van der Waals surface area contributed by atoms with Crippen LogP contribution in [-0.4, -0.2) is 37.9 Å². The Morgan fingerprint density at radius 3 is 2.45 bits per heavy atom. The molecule has 1 aromatic carbocycles. The molecule has 0 aliphatic heterocycles. The summed E-state index contributed by atoms with van der Waals surface area (Å²) in [6.45, 7) is 12.7. The molecule has 170 valence electrons. The Balaban J connectivity index is 1.70. The molecule has 0 saturated carbocycles. The van der Waals surface area contributed by atoms with Crippen molar-refractivity contribution in [2.45, 2.75) is 73.1 Å². The Kier molecular flexibility index (Phi) is 7.64. The SMILES string of the molecule is CCc1sc(C(=O)CCc2cc(C)c(OCCN(C)C)c(C)c2)c2c1CC(C)(C)CC2. The van der Waals surface area contributed by atoms with E-state index in [2.05, 4.69) is 65.7 Å². The number of ether oxygens (including phenoxy) is 1. The van der Waals surface area contributed by atoms with Gasteiger partial charge in [0, 0.05) is 17.8 Å². The average Bonchev–Trinajstić information content (AvgIpc) is 3.04. The van der Waals surface area contributed by atoms with Gasteiger partial charge in [-0.1, -0.05) is 32.9 Å². The quantitative estimate of drug-likeness (QED) is 0.434. The van der Waals surface area contributed by atoms with Gasteiger partial charge < -0.3 is 9.64 Å². The van der Waals surface area contributed by atoms with Crippen molar-refractivity contribution in [2.75, 3.05) is 27.2 Å². The number of hydrogen-bond acceptors (Lipinski definition) is 4. The smallest absolute Gasteiger partial charge is 0.173 e. The maximum absolute atomic E-state index is 13.2. The van der Waals surface area contributed by atoms with E-state index in [-0.39, 0.29) is 0 Å². The fourth-order valence-corrected chi connectivity index (χ4v) is 5.95. The van der Waals surface area contributed by atoms with Crippen molar-refractivity contribution >= 4 is 17.1 Å². The summed E-state index contributed by atoms with van der Waals surface area (Å²) in [6.07, 6.45) is 5.75. The highest BCUT2D eigenvalue weighted by molar-refractivity contribution is 7.14. The van der Waals surface area contributed by atoms with E-state index in [1.54, 1.807) is 11.3 Å². The molecular formula is C27H39NO2S. The van der Waals surface area contributed by atoms with Gasteiger partial charge in [-0.2, -0.15) is 0 Å². The Labute approximate surface area is 192 Å². The molecule has 3 rings (SSSR count). The number of thiophene rings is 1. The van der Waals surface area contributed by atoms with Crippen molar-refractivity contribution in [1.82, 2.24) is 4.90 Å². The summed E-state index contributed by atoms with van der Waals surface area (Å²) in [4.78, 5) is 17.8. The average molecular weight is 442 g/mol. The third kappa shape index (κ3) is 5.78. The Morgan fingerprint density at radius 1 is 1.16 bits per heavy atom. The maximum Gasteiger partial charge on any atom is 0.173 e. The summed E-state index contributed by atoms with van der Waals surface area (Å²) in [5.41, 5.74) is 6.74. The molecule has 1 heterocycles. The van der Waals surface area contributed by atoms with Gasteiger partial charge in [-0.25, -0.2) is 0 Å². The third-order valence-corrected chi connectivity index (χ3v) is 7.89. The Bertz CT molecular complexity index is 916. The number of likely N-dealkylation sites (N-methyl/N-ethyl adjacent to an activating group) is 1. The lowest BCUT2D eigenvalue weighted by molar-refractivity contribution is 0.0985. The van der Waals surface area contributed by atoms with Crippen LogP contribution in [-0.2, 0) is 25.7 Å². The summed E-state index contributed by atoms with van der Waals surface area (Å²) in [5, 5.41) is 0. The molecule has 0 fully saturated rings. The van der Waals surface area contributed by atoms with E-state index in [0.717, 1.165) is 54.0 Å². The van der Waals surface area contributed by atoms with Crippen LogP contribution < -0.4 is 4.74 Å². The van der Waals surface area contributed by atoms with E-state index >= 15 is 0 Å². The van der Waals surface area contributed by atoms with Crippen LogP contribution >= 0.6 is 11.3 Å². The fourth-order valence-electron chi connectivity index (χ4n) is 4.68. The first-order valence-electron chi connectivity index (χ1n) is 11.7. The van der Waals surface area contributed by atoms with Crippen LogP contribution in [0.4, 0.5) is 0 Å². The van der Waals surface area contributed by atoms with Crippen molar-refractivity contribution in [1.29, 1.82) is 0 Å².